The number of benzene rings is 1. The Morgan fingerprint density at radius 1 is 0.800 bits per heavy atom. The standard InChI is InChI=1S/C16H20F3N/c17-16(18,19)12-6-8-14(9-7-12)20(15-10-11-15)13-4-2-1-3-5-13/h6-9,13,15H,1-5,10-11H2. The molecule has 1 nitrogen and oxygen atoms in total. The molecule has 3 rings (SSSR count). The smallest absolute Gasteiger partial charge is 0.366 e. The number of alkyl halides is 3. The van der Waals surface area contributed by atoms with Gasteiger partial charge in [0.05, 0.1) is 5.56 Å². The third-order valence-electron chi connectivity index (χ3n) is 4.40. The van der Waals surface area contributed by atoms with E-state index in [2.05, 4.69) is 4.90 Å². The summed E-state index contributed by atoms with van der Waals surface area (Å²) >= 11 is 0. The van der Waals surface area contributed by atoms with Crippen molar-refractivity contribution in [2.75, 3.05) is 4.90 Å². The van der Waals surface area contributed by atoms with E-state index in [1.165, 1.54) is 57.1 Å². The van der Waals surface area contributed by atoms with Crippen LogP contribution in [0.1, 0.15) is 50.5 Å². The summed E-state index contributed by atoms with van der Waals surface area (Å²) in [4.78, 5) is 2.39. The number of rotatable bonds is 3. The van der Waals surface area contributed by atoms with Gasteiger partial charge in [0.25, 0.3) is 0 Å². The first kappa shape index (κ1) is 13.8. The van der Waals surface area contributed by atoms with Crippen molar-refractivity contribution >= 4 is 5.69 Å². The lowest BCUT2D eigenvalue weighted by atomic mass is 9.93. The van der Waals surface area contributed by atoms with E-state index in [1.807, 2.05) is 0 Å². The molecule has 110 valence electrons. The molecule has 0 aliphatic heterocycles. The Balaban J connectivity index is 1.80. The minimum absolute atomic E-state index is 0.521. The Bertz CT molecular complexity index is 442. The van der Waals surface area contributed by atoms with Crippen LogP contribution in [0.5, 0.6) is 0 Å². The molecule has 0 radical (unpaired) electrons. The van der Waals surface area contributed by atoms with Crippen LogP contribution in [0.25, 0.3) is 0 Å². The zero-order valence-electron chi connectivity index (χ0n) is 11.5. The van der Waals surface area contributed by atoms with Crippen LogP contribution in [0.4, 0.5) is 18.9 Å². The zero-order valence-corrected chi connectivity index (χ0v) is 11.5. The van der Waals surface area contributed by atoms with Crippen LogP contribution in [-0.4, -0.2) is 12.1 Å². The number of nitrogens with zero attached hydrogens (tertiary/aromatic N) is 1. The van der Waals surface area contributed by atoms with Gasteiger partial charge in [0.2, 0.25) is 0 Å². The van der Waals surface area contributed by atoms with E-state index in [1.54, 1.807) is 12.1 Å². The van der Waals surface area contributed by atoms with E-state index in [0.29, 0.717) is 12.1 Å². The van der Waals surface area contributed by atoms with Crippen LogP contribution >= 0.6 is 0 Å². The molecule has 0 spiro atoms. The van der Waals surface area contributed by atoms with Crippen LogP contribution in [-0.2, 0) is 6.18 Å². The molecule has 1 aromatic rings. The molecule has 0 unspecified atom stereocenters. The molecule has 0 atom stereocenters. The first-order valence-electron chi connectivity index (χ1n) is 7.51. The van der Waals surface area contributed by atoms with Crippen LogP contribution in [0.3, 0.4) is 0 Å². The van der Waals surface area contributed by atoms with Crippen molar-refractivity contribution in [2.24, 2.45) is 0 Å². The lowest BCUT2D eigenvalue weighted by molar-refractivity contribution is -0.137. The first-order chi connectivity index (χ1) is 9.55. The molecule has 2 aliphatic carbocycles. The molecule has 0 heterocycles. The number of hydrogen-bond acceptors (Lipinski definition) is 1. The summed E-state index contributed by atoms with van der Waals surface area (Å²) in [5, 5.41) is 0. The normalized spacial score (nSPS) is 20.9. The van der Waals surface area contributed by atoms with Gasteiger partial charge >= 0.3 is 6.18 Å². The maximum absolute atomic E-state index is 12.6. The molecular formula is C16H20F3N. The third kappa shape index (κ3) is 2.94. The molecule has 0 bridgehead atoms. The van der Waals surface area contributed by atoms with Gasteiger partial charge in [-0.05, 0) is 49.9 Å². The molecule has 0 N–H and O–H groups in total. The molecular weight excluding hydrogens is 263 g/mol. The highest BCUT2D eigenvalue weighted by atomic mass is 19.4. The van der Waals surface area contributed by atoms with E-state index < -0.39 is 11.7 Å². The molecule has 2 saturated carbocycles. The summed E-state index contributed by atoms with van der Waals surface area (Å²) in [5.41, 5.74) is 0.410. The van der Waals surface area contributed by atoms with Crippen molar-refractivity contribution < 1.29 is 13.2 Å². The van der Waals surface area contributed by atoms with Gasteiger partial charge in [-0.3, -0.25) is 0 Å². The van der Waals surface area contributed by atoms with Crippen LogP contribution in [0.2, 0.25) is 0 Å². The van der Waals surface area contributed by atoms with Crippen molar-refractivity contribution in [3.63, 3.8) is 0 Å². The molecule has 2 aliphatic rings. The minimum Gasteiger partial charge on any atom is -0.366 e. The topological polar surface area (TPSA) is 3.24 Å². The van der Waals surface area contributed by atoms with Crippen molar-refractivity contribution in [3.05, 3.63) is 29.8 Å². The summed E-state index contributed by atoms with van der Waals surface area (Å²) in [6.45, 7) is 0. The van der Waals surface area contributed by atoms with Gasteiger partial charge in [-0.2, -0.15) is 13.2 Å². The Hall–Kier alpha value is -1.19. The van der Waals surface area contributed by atoms with Crippen molar-refractivity contribution in [1.29, 1.82) is 0 Å². The Morgan fingerprint density at radius 2 is 1.35 bits per heavy atom. The van der Waals surface area contributed by atoms with Gasteiger partial charge in [0.15, 0.2) is 0 Å². The van der Waals surface area contributed by atoms with Gasteiger partial charge in [0, 0.05) is 17.8 Å². The zero-order chi connectivity index (χ0) is 14.2. The number of hydrogen-bond donors (Lipinski definition) is 0. The third-order valence-corrected chi connectivity index (χ3v) is 4.40. The highest BCUT2D eigenvalue weighted by molar-refractivity contribution is 5.51. The van der Waals surface area contributed by atoms with E-state index in [-0.39, 0.29) is 0 Å². The second kappa shape index (κ2) is 5.30. The fraction of sp³-hybridized carbons (Fsp3) is 0.625. The van der Waals surface area contributed by atoms with E-state index in [4.69, 9.17) is 0 Å². The number of halogens is 3. The first-order valence-corrected chi connectivity index (χ1v) is 7.51. The maximum atomic E-state index is 12.6. The average molecular weight is 283 g/mol. The highest BCUT2D eigenvalue weighted by Crippen LogP contribution is 2.38. The fourth-order valence-corrected chi connectivity index (χ4v) is 3.25. The second-order valence-electron chi connectivity index (χ2n) is 5.97. The van der Waals surface area contributed by atoms with Crippen molar-refractivity contribution in [3.8, 4) is 0 Å². The summed E-state index contributed by atoms with van der Waals surface area (Å²) in [5.74, 6) is 0. The lowest BCUT2D eigenvalue weighted by Gasteiger charge is -2.36. The van der Waals surface area contributed by atoms with Gasteiger partial charge in [-0.25, -0.2) is 0 Å². The molecule has 0 aromatic heterocycles. The van der Waals surface area contributed by atoms with Crippen LogP contribution in [0, 0.1) is 0 Å². The van der Waals surface area contributed by atoms with Crippen molar-refractivity contribution in [2.45, 2.75) is 63.2 Å². The summed E-state index contributed by atoms with van der Waals surface area (Å²) in [6.07, 6.45) is 4.25. The van der Waals surface area contributed by atoms with E-state index in [9.17, 15) is 13.2 Å². The van der Waals surface area contributed by atoms with E-state index >= 15 is 0 Å². The molecule has 0 amide bonds. The minimum atomic E-state index is -4.24. The Kier molecular flexibility index (Phi) is 3.65. The van der Waals surface area contributed by atoms with Crippen LogP contribution in [0.15, 0.2) is 24.3 Å². The molecule has 0 saturated heterocycles. The highest BCUT2D eigenvalue weighted by Gasteiger charge is 2.35. The molecule has 1 aromatic carbocycles. The Labute approximate surface area is 117 Å². The summed E-state index contributed by atoms with van der Waals surface area (Å²) in [7, 11) is 0. The van der Waals surface area contributed by atoms with Crippen molar-refractivity contribution in [1.82, 2.24) is 0 Å². The fourth-order valence-electron chi connectivity index (χ4n) is 3.25. The van der Waals surface area contributed by atoms with Gasteiger partial charge in [-0.15, -0.1) is 0 Å². The van der Waals surface area contributed by atoms with Gasteiger partial charge in [0.1, 0.15) is 0 Å². The Morgan fingerprint density at radius 3 is 1.85 bits per heavy atom. The quantitative estimate of drug-likeness (QED) is 0.754. The molecule has 20 heavy (non-hydrogen) atoms. The summed E-state index contributed by atoms with van der Waals surface area (Å²) in [6, 6.07) is 6.80. The average Bonchev–Trinajstić information content (AvgIpc) is 3.25. The van der Waals surface area contributed by atoms with Crippen LogP contribution < -0.4 is 4.90 Å². The maximum Gasteiger partial charge on any atom is 0.416 e. The SMILES string of the molecule is FC(F)(F)c1ccc(N(C2CCCCC2)C2CC2)cc1. The molecule has 4 heteroatoms. The monoisotopic (exact) mass is 283 g/mol. The lowest BCUT2D eigenvalue weighted by Crippen LogP contribution is -2.38. The molecule has 2 fully saturated rings. The van der Waals surface area contributed by atoms with Gasteiger partial charge < -0.3 is 4.90 Å². The predicted molar refractivity (Wildman–Crippen MR) is 73.8 cm³/mol. The predicted octanol–water partition coefficient (Wildman–Crippen LogP) is 5.01. The largest absolute Gasteiger partial charge is 0.416 e. The van der Waals surface area contributed by atoms with E-state index in [0.717, 1.165) is 5.69 Å². The summed E-state index contributed by atoms with van der Waals surface area (Å²) < 4.78 is 37.9. The number of anilines is 1. The second-order valence-corrected chi connectivity index (χ2v) is 5.97. The van der Waals surface area contributed by atoms with Gasteiger partial charge in [-0.1, -0.05) is 19.3 Å².